The maximum absolute atomic E-state index is 12.2. The van der Waals surface area contributed by atoms with Gasteiger partial charge in [0.2, 0.25) is 0 Å². The number of hydrogen-bond donors (Lipinski definition) is 4. The lowest BCUT2D eigenvalue weighted by Crippen LogP contribution is -2.13. The van der Waals surface area contributed by atoms with Gasteiger partial charge in [-0.3, -0.25) is 4.79 Å². The van der Waals surface area contributed by atoms with E-state index in [1.807, 2.05) is 22.6 Å². The van der Waals surface area contributed by atoms with Crippen LogP contribution in [0.4, 0.5) is 17.1 Å². The molecule has 6 N–H and O–H groups in total. The zero-order valence-corrected chi connectivity index (χ0v) is 14.5. The predicted octanol–water partition coefficient (Wildman–Crippen LogP) is 3.02. The number of anilines is 3. The SMILES string of the molecule is Nc1ccc(NC(=O)c2cc(I)cc(I)c2O)cc1N. The minimum absolute atomic E-state index is 0.0352. The summed E-state index contributed by atoms with van der Waals surface area (Å²) in [6.07, 6.45) is 0. The molecule has 0 fully saturated rings. The Morgan fingerprint density at radius 1 is 1.10 bits per heavy atom. The highest BCUT2D eigenvalue weighted by Gasteiger charge is 2.15. The minimum atomic E-state index is -0.400. The first-order valence-corrected chi connectivity index (χ1v) is 7.68. The number of nitrogen functional groups attached to an aromatic ring is 2. The molecule has 0 spiro atoms. The van der Waals surface area contributed by atoms with Gasteiger partial charge in [-0.2, -0.15) is 0 Å². The van der Waals surface area contributed by atoms with Gasteiger partial charge in [-0.15, -0.1) is 0 Å². The first kappa shape index (κ1) is 15.2. The van der Waals surface area contributed by atoms with Crippen LogP contribution in [0.5, 0.6) is 5.75 Å². The second-order valence-electron chi connectivity index (χ2n) is 4.08. The number of carbonyl (C=O) groups is 1. The van der Waals surface area contributed by atoms with Crippen LogP contribution >= 0.6 is 45.2 Å². The number of hydrogen-bond acceptors (Lipinski definition) is 4. The number of rotatable bonds is 2. The summed E-state index contributed by atoms with van der Waals surface area (Å²) in [6.45, 7) is 0. The van der Waals surface area contributed by atoms with Gasteiger partial charge in [-0.25, -0.2) is 0 Å². The number of phenols is 1. The Bertz CT molecular complexity index is 690. The summed E-state index contributed by atoms with van der Waals surface area (Å²) in [7, 11) is 0. The molecule has 0 saturated carbocycles. The van der Waals surface area contributed by atoms with Crippen molar-refractivity contribution >= 4 is 68.2 Å². The summed E-state index contributed by atoms with van der Waals surface area (Å²) in [5, 5.41) is 12.6. The first-order valence-electron chi connectivity index (χ1n) is 5.53. The van der Waals surface area contributed by atoms with E-state index < -0.39 is 5.91 Å². The van der Waals surface area contributed by atoms with E-state index >= 15 is 0 Å². The van der Waals surface area contributed by atoms with E-state index in [9.17, 15) is 9.90 Å². The van der Waals surface area contributed by atoms with Gasteiger partial charge in [0.05, 0.1) is 20.5 Å². The third kappa shape index (κ3) is 3.26. The maximum atomic E-state index is 12.2. The molecule has 0 atom stereocenters. The molecule has 2 aromatic carbocycles. The topological polar surface area (TPSA) is 101 Å². The van der Waals surface area contributed by atoms with Crippen molar-refractivity contribution in [1.82, 2.24) is 0 Å². The Labute approximate surface area is 143 Å². The molecule has 0 aromatic heterocycles. The van der Waals surface area contributed by atoms with Crippen molar-refractivity contribution in [2.75, 3.05) is 16.8 Å². The first-order chi connectivity index (χ1) is 9.38. The quantitative estimate of drug-likeness (QED) is 0.381. The van der Waals surface area contributed by atoms with Crippen LogP contribution in [-0.2, 0) is 0 Å². The molecule has 0 aliphatic carbocycles. The highest BCUT2D eigenvalue weighted by molar-refractivity contribution is 14.1. The maximum Gasteiger partial charge on any atom is 0.259 e. The van der Waals surface area contributed by atoms with Gasteiger partial charge in [0.25, 0.3) is 5.91 Å². The van der Waals surface area contributed by atoms with E-state index in [-0.39, 0.29) is 11.3 Å². The largest absolute Gasteiger partial charge is 0.506 e. The molecular weight excluding hydrogens is 484 g/mol. The number of benzene rings is 2. The van der Waals surface area contributed by atoms with Crippen molar-refractivity contribution in [2.45, 2.75) is 0 Å². The Morgan fingerprint density at radius 2 is 1.80 bits per heavy atom. The van der Waals surface area contributed by atoms with Gasteiger partial charge >= 0.3 is 0 Å². The van der Waals surface area contributed by atoms with Crippen molar-refractivity contribution in [3.8, 4) is 5.75 Å². The molecule has 1 amide bonds. The van der Waals surface area contributed by atoms with Crippen molar-refractivity contribution in [1.29, 1.82) is 0 Å². The predicted molar refractivity (Wildman–Crippen MR) is 96.8 cm³/mol. The lowest BCUT2D eigenvalue weighted by Gasteiger charge is -2.10. The average Bonchev–Trinajstić information content (AvgIpc) is 2.38. The van der Waals surface area contributed by atoms with Gasteiger partial charge in [0.15, 0.2) is 0 Å². The van der Waals surface area contributed by atoms with Crippen LogP contribution in [0.25, 0.3) is 0 Å². The van der Waals surface area contributed by atoms with E-state index in [1.165, 1.54) is 0 Å². The Hall–Kier alpha value is -1.23. The monoisotopic (exact) mass is 495 g/mol. The molecule has 0 aliphatic rings. The Kier molecular flexibility index (Phi) is 4.58. The zero-order valence-electron chi connectivity index (χ0n) is 10.2. The molecular formula is C13H11I2N3O2. The fraction of sp³-hybridized carbons (Fsp3) is 0. The molecule has 20 heavy (non-hydrogen) atoms. The van der Waals surface area contributed by atoms with E-state index in [2.05, 4.69) is 27.9 Å². The molecule has 0 heterocycles. The number of aromatic hydroxyl groups is 1. The van der Waals surface area contributed by atoms with E-state index in [4.69, 9.17) is 11.5 Å². The van der Waals surface area contributed by atoms with Gasteiger partial charge in [0.1, 0.15) is 5.75 Å². The molecule has 104 valence electrons. The molecule has 2 rings (SSSR count). The number of carbonyl (C=O) groups excluding carboxylic acids is 1. The van der Waals surface area contributed by atoms with Crippen molar-refractivity contribution in [3.63, 3.8) is 0 Å². The van der Waals surface area contributed by atoms with Crippen LogP contribution in [0.1, 0.15) is 10.4 Å². The van der Waals surface area contributed by atoms with Crippen molar-refractivity contribution in [2.24, 2.45) is 0 Å². The highest BCUT2D eigenvalue weighted by atomic mass is 127. The molecule has 0 aliphatic heterocycles. The molecule has 7 heteroatoms. The second-order valence-corrected chi connectivity index (χ2v) is 6.49. The Morgan fingerprint density at radius 3 is 2.45 bits per heavy atom. The number of nitrogens with two attached hydrogens (primary N) is 2. The van der Waals surface area contributed by atoms with E-state index in [1.54, 1.807) is 30.3 Å². The van der Waals surface area contributed by atoms with Crippen LogP contribution < -0.4 is 16.8 Å². The fourth-order valence-electron chi connectivity index (χ4n) is 1.59. The van der Waals surface area contributed by atoms with Gasteiger partial charge in [-0.1, -0.05) is 0 Å². The lowest BCUT2D eigenvalue weighted by molar-refractivity contribution is 0.102. The second kappa shape index (κ2) is 6.04. The third-order valence-corrected chi connectivity index (χ3v) is 4.06. The summed E-state index contributed by atoms with van der Waals surface area (Å²) in [6, 6.07) is 8.24. The molecule has 2 aromatic rings. The smallest absolute Gasteiger partial charge is 0.259 e. The third-order valence-electron chi connectivity index (χ3n) is 2.62. The van der Waals surface area contributed by atoms with Crippen LogP contribution in [0, 0.1) is 7.14 Å². The lowest BCUT2D eigenvalue weighted by atomic mass is 10.1. The summed E-state index contributed by atoms with van der Waals surface area (Å²) < 4.78 is 1.49. The van der Waals surface area contributed by atoms with E-state index in [0.29, 0.717) is 20.6 Å². The fourth-order valence-corrected chi connectivity index (χ4v) is 3.43. The van der Waals surface area contributed by atoms with Crippen LogP contribution in [-0.4, -0.2) is 11.0 Å². The van der Waals surface area contributed by atoms with Crippen molar-refractivity contribution < 1.29 is 9.90 Å². The van der Waals surface area contributed by atoms with Gasteiger partial charge < -0.3 is 21.9 Å². The summed E-state index contributed by atoms with van der Waals surface area (Å²) in [5.41, 5.74) is 12.9. The highest BCUT2D eigenvalue weighted by Crippen LogP contribution is 2.28. The number of nitrogens with one attached hydrogen (secondary N) is 1. The molecule has 0 radical (unpaired) electrons. The van der Waals surface area contributed by atoms with E-state index in [0.717, 1.165) is 3.57 Å². The molecule has 5 nitrogen and oxygen atoms in total. The van der Waals surface area contributed by atoms with Crippen LogP contribution in [0.3, 0.4) is 0 Å². The summed E-state index contributed by atoms with van der Waals surface area (Å²) in [4.78, 5) is 12.2. The van der Waals surface area contributed by atoms with Crippen molar-refractivity contribution in [3.05, 3.63) is 43.0 Å². The minimum Gasteiger partial charge on any atom is -0.506 e. The number of phenolic OH excluding ortho intramolecular Hbond substituents is 1. The molecule has 0 saturated heterocycles. The normalized spacial score (nSPS) is 10.3. The zero-order chi connectivity index (χ0) is 14.9. The van der Waals surface area contributed by atoms with Crippen LogP contribution in [0.2, 0.25) is 0 Å². The summed E-state index contributed by atoms with van der Waals surface area (Å²) >= 11 is 4.07. The molecule has 0 bridgehead atoms. The Balaban J connectivity index is 2.30. The standard InChI is InChI=1S/C13H11I2N3O2/c14-6-3-8(12(19)9(15)4-6)13(20)18-7-1-2-10(16)11(17)5-7/h1-5,19H,16-17H2,(H,18,20). The summed E-state index contributed by atoms with van der Waals surface area (Å²) in [5.74, 6) is -0.435. The van der Waals surface area contributed by atoms with Gasteiger partial charge in [-0.05, 0) is 75.5 Å². The van der Waals surface area contributed by atoms with Gasteiger partial charge in [0, 0.05) is 9.26 Å². The number of halogens is 2. The number of amides is 1. The molecule has 0 unspecified atom stereocenters. The van der Waals surface area contributed by atoms with Crippen LogP contribution in [0.15, 0.2) is 30.3 Å². The average molecular weight is 495 g/mol.